The smallest absolute Gasteiger partial charge is 0.230 e. The van der Waals surface area contributed by atoms with E-state index >= 15 is 0 Å². The molecule has 0 amide bonds. The third-order valence-corrected chi connectivity index (χ3v) is 2.02. The minimum absolute atomic E-state index is 0.133. The third kappa shape index (κ3) is 3.34. The normalized spacial score (nSPS) is 11.8. The van der Waals surface area contributed by atoms with Gasteiger partial charge in [-0.2, -0.15) is 13.2 Å². The Bertz CT molecular complexity index is 339. The van der Waals surface area contributed by atoms with Crippen LogP contribution in [0.25, 0.3) is 0 Å². The molecule has 1 radical (unpaired) electrons. The van der Waals surface area contributed by atoms with Crippen molar-refractivity contribution in [2.75, 3.05) is 0 Å². The molecule has 0 aliphatic carbocycles. The molecule has 1 aromatic rings. The predicted molar refractivity (Wildman–Crippen MR) is 49.5 cm³/mol. The number of hydrogen-bond donors (Lipinski definition) is 0. The van der Waals surface area contributed by atoms with Gasteiger partial charge >= 0.3 is 6.18 Å². The second kappa shape index (κ2) is 4.79. The van der Waals surface area contributed by atoms with Gasteiger partial charge in [0.2, 0.25) is 0 Å². The summed E-state index contributed by atoms with van der Waals surface area (Å²) in [6.07, 6.45) is -0.406. The summed E-state index contributed by atoms with van der Waals surface area (Å²) >= 11 is 5.31. The molecule has 0 saturated heterocycles. The molecule has 0 saturated carbocycles. The fraction of sp³-hybridized carbons (Fsp3) is 0.556. The predicted octanol–water partition coefficient (Wildman–Crippen LogP) is 3.29. The first kappa shape index (κ1) is 12.2. The summed E-state index contributed by atoms with van der Waals surface area (Å²) in [7, 11) is 0. The summed E-state index contributed by atoms with van der Waals surface area (Å²) in [6.45, 7) is 1.93. The monoisotopic (exact) mass is 237 g/mol. The molecule has 0 unspecified atom stereocenters. The van der Waals surface area contributed by atoms with Crippen LogP contribution in [0.3, 0.4) is 0 Å². The molecule has 1 aromatic heterocycles. The molecule has 0 aliphatic heterocycles. The number of unbranched alkanes of at least 4 members (excludes halogenated alkanes) is 1. The van der Waals surface area contributed by atoms with E-state index in [0.717, 1.165) is 12.8 Å². The van der Waals surface area contributed by atoms with Crippen molar-refractivity contribution in [2.45, 2.75) is 32.4 Å². The first-order valence-electron chi connectivity index (χ1n) is 4.46. The van der Waals surface area contributed by atoms with Gasteiger partial charge in [0.25, 0.3) is 0 Å². The molecule has 0 aliphatic rings. The van der Waals surface area contributed by atoms with Crippen LogP contribution in [0.2, 0.25) is 5.02 Å². The number of alkyl halides is 3. The van der Waals surface area contributed by atoms with Gasteiger partial charge in [-0.05, 0) is 6.42 Å². The van der Waals surface area contributed by atoms with Crippen molar-refractivity contribution in [1.29, 1.82) is 0 Å². The van der Waals surface area contributed by atoms with Crippen LogP contribution in [0.15, 0.2) is 0 Å². The van der Waals surface area contributed by atoms with Gasteiger partial charge in [0.15, 0.2) is 5.69 Å². The molecule has 1 rings (SSSR count). The average Bonchev–Trinajstić information content (AvgIpc) is 2.15. The Morgan fingerprint density at radius 1 is 1.40 bits per heavy atom. The summed E-state index contributed by atoms with van der Waals surface area (Å²) in [5.74, 6) is 0.133. The Labute approximate surface area is 90.5 Å². The van der Waals surface area contributed by atoms with Crippen molar-refractivity contribution in [3.8, 4) is 0 Å². The second-order valence-electron chi connectivity index (χ2n) is 3.02. The third-order valence-electron chi connectivity index (χ3n) is 1.75. The molecule has 0 spiro atoms. The molecule has 0 aromatic carbocycles. The largest absolute Gasteiger partial charge is 0.434 e. The molecular formula is C9H9ClF3N2. The molecule has 1 heterocycles. The van der Waals surface area contributed by atoms with E-state index in [-0.39, 0.29) is 5.82 Å². The zero-order valence-corrected chi connectivity index (χ0v) is 8.78. The average molecular weight is 238 g/mol. The zero-order valence-electron chi connectivity index (χ0n) is 8.03. The maximum absolute atomic E-state index is 12.4. The number of nitrogens with zero attached hydrogens (tertiary/aromatic N) is 2. The second-order valence-corrected chi connectivity index (χ2v) is 3.39. The number of aryl methyl sites for hydroxylation is 1. The standard InChI is InChI=1S/C9H9ClF3N2/c1-2-3-4-7-14-5-6(10)8(15-7)9(11,12)13/h2-4H2,1H3. The maximum atomic E-state index is 12.4. The van der Waals surface area contributed by atoms with Gasteiger partial charge in [-0.25, -0.2) is 9.97 Å². The molecule has 6 heteroatoms. The number of halogens is 4. The van der Waals surface area contributed by atoms with E-state index in [4.69, 9.17) is 11.6 Å². The van der Waals surface area contributed by atoms with Crippen LogP contribution in [0.5, 0.6) is 0 Å². The highest BCUT2D eigenvalue weighted by atomic mass is 35.5. The van der Waals surface area contributed by atoms with Crippen LogP contribution in [0, 0.1) is 6.20 Å². The topological polar surface area (TPSA) is 25.8 Å². The Hall–Kier alpha value is -0.840. The lowest BCUT2D eigenvalue weighted by molar-refractivity contribution is -0.141. The van der Waals surface area contributed by atoms with Crippen LogP contribution in [-0.4, -0.2) is 9.97 Å². The van der Waals surface area contributed by atoms with Gasteiger partial charge in [0.1, 0.15) is 12.0 Å². The molecule has 15 heavy (non-hydrogen) atoms. The van der Waals surface area contributed by atoms with Gasteiger partial charge in [0.05, 0.1) is 5.02 Å². The Morgan fingerprint density at radius 3 is 2.60 bits per heavy atom. The summed E-state index contributed by atoms with van der Waals surface area (Å²) < 4.78 is 37.1. The number of aromatic nitrogens is 2. The van der Waals surface area contributed by atoms with Crippen LogP contribution < -0.4 is 0 Å². The highest BCUT2D eigenvalue weighted by Crippen LogP contribution is 2.32. The van der Waals surface area contributed by atoms with Crippen molar-refractivity contribution in [1.82, 2.24) is 9.97 Å². The van der Waals surface area contributed by atoms with Gasteiger partial charge in [-0.15, -0.1) is 0 Å². The zero-order chi connectivity index (χ0) is 11.5. The van der Waals surface area contributed by atoms with Crippen LogP contribution in [0.4, 0.5) is 13.2 Å². The van der Waals surface area contributed by atoms with E-state index in [2.05, 4.69) is 16.2 Å². The van der Waals surface area contributed by atoms with Crippen molar-refractivity contribution in [3.05, 3.63) is 22.7 Å². The van der Waals surface area contributed by atoms with Crippen molar-refractivity contribution in [3.63, 3.8) is 0 Å². The summed E-state index contributed by atoms with van der Waals surface area (Å²) in [5, 5.41) is -0.581. The molecular weight excluding hydrogens is 229 g/mol. The van der Waals surface area contributed by atoms with Crippen molar-refractivity contribution < 1.29 is 13.2 Å². The summed E-state index contributed by atoms with van der Waals surface area (Å²) in [4.78, 5) is 7.00. The highest BCUT2D eigenvalue weighted by Gasteiger charge is 2.35. The SMILES string of the molecule is CCCCc1n[c]c(Cl)c(C(F)(F)F)n1. The van der Waals surface area contributed by atoms with E-state index in [1.54, 1.807) is 0 Å². The van der Waals surface area contributed by atoms with Crippen LogP contribution >= 0.6 is 11.6 Å². The quantitative estimate of drug-likeness (QED) is 0.806. The van der Waals surface area contributed by atoms with Gasteiger partial charge in [-0.1, -0.05) is 24.9 Å². The fourth-order valence-electron chi connectivity index (χ4n) is 1.00. The first-order chi connectivity index (χ1) is 6.95. The Balaban J connectivity index is 2.95. The number of rotatable bonds is 3. The minimum Gasteiger partial charge on any atom is -0.230 e. The highest BCUT2D eigenvalue weighted by molar-refractivity contribution is 6.31. The molecule has 0 N–H and O–H groups in total. The lowest BCUT2D eigenvalue weighted by atomic mass is 10.2. The van der Waals surface area contributed by atoms with Gasteiger partial charge in [-0.3, -0.25) is 0 Å². The Kier molecular flexibility index (Phi) is 3.90. The van der Waals surface area contributed by atoms with E-state index in [1.165, 1.54) is 0 Å². The lowest BCUT2D eigenvalue weighted by Crippen LogP contribution is -2.12. The molecule has 83 valence electrons. The van der Waals surface area contributed by atoms with E-state index < -0.39 is 16.9 Å². The summed E-state index contributed by atoms with van der Waals surface area (Å²) in [6, 6.07) is 0. The first-order valence-corrected chi connectivity index (χ1v) is 4.84. The molecule has 2 nitrogen and oxygen atoms in total. The molecule has 0 atom stereocenters. The molecule has 0 fully saturated rings. The van der Waals surface area contributed by atoms with Gasteiger partial charge in [0, 0.05) is 6.42 Å². The summed E-state index contributed by atoms with van der Waals surface area (Å²) in [5.41, 5.74) is -1.11. The maximum Gasteiger partial charge on any atom is 0.434 e. The van der Waals surface area contributed by atoms with Crippen LogP contribution in [0.1, 0.15) is 31.3 Å². The minimum atomic E-state index is -4.54. The van der Waals surface area contributed by atoms with Crippen molar-refractivity contribution >= 4 is 11.6 Å². The lowest BCUT2D eigenvalue weighted by Gasteiger charge is -2.08. The van der Waals surface area contributed by atoms with Crippen LogP contribution in [-0.2, 0) is 12.6 Å². The fourth-order valence-corrected chi connectivity index (χ4v) is 1.20. The van der Waals surface area contributed by atoms with Crippen molar-refractivity contribution in [2.24, 2.45) is 0 Å². The van der Waals surface area contributed by atoms with E-state index in [9.17, 15) is 13.2 Å². The van der Waals surface area contributed by atoms with E-state index in [1.807, 2.05) is 6.92 Å². The number of hydrogen-bond acceptors (Lipinski definition) is 2. The Morgan fingerprint density at radius 2 is 2.07 bits per heavy atom. The van der Waals surface area contributed by atoms with E-state index in [0.29, 0.717) is 6.42 Å². The molecule has 0 bridgehead atoms. The van der Waals surface area contributed by atoms with Gasteiger partial charge < -0.3 is 0 Å².